The summed E-state index contributed by atoms with van der Waals surface area (Å²) in [6, 6.07) is 17.5. The number of methoxy groups -OCH3 is 1. The lowest BCUT2D eigenvalue weighted by Gasteiger charge is -2.29. The van der Waals surface area contributed by atoms with Gasteiger partial charge in [0, 0.05) is 35.8 Å². The van der Waals surface area contributed by atoms with Crippen molar-refractivity contribution in [3.63, 3.8) is 0 Å². The molecule has 0 saturated carbocycles. The van der Waals surface area contributed by atoms with Gasteiger partial charge < -0.3 is 24.8 Å². The second-order valence-electron chi connectivity index (χ2n) is 9.96. The number of aromatic nitrogens is 2. The van der Waals surface area contributed by atoms with Gasteiger partial charge in [-0.05, 0) is 74.1 Å². The smallest absolute Gasteiger partial charge is 0.418 e. The first kappa shape index (κ1) is 29.1. The minimum atomic E-state index is -4.52. The number of aryl methyl sites for hydroxylation is 1. The number of ether oxygens (including phenoxy) is 1. The van der Waals surface area contributed by atoms with E-state index < -0.39 is 23.8 Å². The van der Waals surface area contributed by atoms with Gasteiger partial charge in [-0.2, -0.15) is 13.2 Å². The average molecular weight is 594 g/mol. The van der Waals surface area contributed by atoms with Crippen LogP contribution in [0.2, 0.25) is 0 Å². The molecule has 1 saturated heterocycles. The monoisotopic (exact) mass is 593 g/mol. The maximum absolute atomic E-state index is 14.0. The number of benzene rings is 2. The number of nitrogens with one attached hydrogen (secondary N) is 2. The first-order chi connectivity index (χ1) is 20.0. The number of carbonyl (C=O) groups excluding carboxylic acids is 1. The molecule has 7 nitrogen and oxygen atoms in total. The van der Waals surface area contributed by atoms with Crippen LogP contribution in [0.1, 0.15) is 53.6 Å². The molecule has 5 rings (SSSR count). The molecule has 0 bridgehead atoms. The van der Waals surface area contributed by atoms with Gasteiger partial charge in [0.15, 0.2) is 5.11 Å². The molecular weight excluding hydrogens is 563 g/mol. The molecular formula is C31H30F3N5O2S. The zero-order valence-corrected chi connectivity index (χ0v) is 24.3. The third-order valence-electron chi connectivity index (χ3n) is 7.40. The molecule has 1 amide bonds. The predicted octanol–water partition coefficient (Wildman–Crippen LogP) is 7.04. The van der Waals surface area contributed by atoms with E-state index in [-0.39, 0.29) is 11.6 Å². The standard InChI is InChI=1S/C31H30F3N5O2S/c1-5-27(40)36-23-14-13-20(17-26(23)41-4)39-29(28(37-30(39)42)24-11-8-9-15-35-24)21-16-18(2)38(19(21)3)25-12-7-6-10-22(25)31(32,33)34/h6-17,28-29H,5H2,1-4H3,(H,36,40)(H,37,42)/t28-,29+/m0/s1. The van der Waals surface area contributed by atoms with Crippen LogP contribution in [-0.4, -0.2) is 27.7 Å². The minimum Gasteiger partial charge on any atom is -0.494 e. The molecule has 2 atom stereocenters. The number of halogens is 3. The normalized spacial score (nSPS) is 16.8. The number of para-hydroxylation sites is 1. The predicted molar refractivity (Wildman–Crippen MR) is 160 cm³/mol. The summed E-state index contributed by atoms with van der Waals surface area (Å²) >= 11 is 5.84. The van der Waals surface area contributed by atoms with Crippen molar-refractivity contribution in [2.45, 2.75) is 45.5 Å². The molecule has 1 aliphatic rings. The molecule has 3 heterocycles. The van der Waals surface area contributed by atoms with Gasteiger partial charge in [0.2, 0.25) is 5.91 Å². The van der Waals surface area contributed by atoms with E-state index in [2.05, 4.69) is 15.6 Å². The van der Waals surface area contributed by atoms with E-state index in [1.807, 2.05) is 42.2 Å². The number of amides is 1. The second-order valence-corrected chi connectivity index (χ2v) is 10.3. The molecule has 1 aliphatic heterocycles. The van der Waals surface area contributed by atoms with E-state index in [0.29, 0.717) is 40.0 Å². The van der Waals surface area contributed by atoms with Crippen molar-refractivity contribution in [1.29, 1.82) is 0 Å². The van der Waals surface area contributed by atoms with Crippen molar-refractivity contribution in [3.8, 4) is 11.4 Å². The molecule has 218 valence electrons. The minimum absolute atomic E-state index is 0.0541. The molecule has 0 radical (unpaired) electrons. The summed E-state index contributed by atoms with van der Waals surface area (Å²) in [6.45, 7) is 5.36. The Morgan fingerprint density at radius 3 is 2.50 bits per heavy atom. The molecule has 11 heteroatoms. The maximum atomic E-state index is 14.0. The van der Waals surface area contributed by atoms with Crippen LogP contribution in [0.3, 0.4) is 0 Å². The van der Waals surface area contributed by atoms with Crippen molar-refractivity contribution in [2.75, 3.05) is 17.3 Å². The summed E-state index contributed by atoms with van der Waals surface area (Å²) in [5, 5.41) is 6.64. The highest BCUT2D eigenvalue weighted by Crippen LogP contribution is 2.46. The second kappa shape index (κ2) is 11.5. The van der Waals surface area contributed by atoms with Crippen LogP contribution in [-0.2, 0) is 11.0 Å². The fourth-order valence-electron chi connectivity index (χ4n) is 5.49. The van der Waals surface area contributed by atoms with Crippen molar-refractivity contribution >= 4 is 34.6 Å². The molecule has 0 spiro atoms. The van der Waals surface area contributed by atoms with Gasteiger partial charge in [0.1, 0.15) is 5.75 Å². The number of rotatable bonds is 7. The van der Waals surface area contributed by atoms with E-state index >= 15 is 0 Å². The van der Waals surface area contributed by atoms with Crippen LogP contribution < -0.4 is 20.3 Å². The van der Waals surface area contributed by atoms with E-state index in [1.165, 1.54) is 19.2 Å². The summed E-state index contributed by atoms with van der Waals surface area (Å²) in [7, 11) is 1.52. The number of carbonyl (C=O) groups is 1. The van der Waals surface area contributed by atoms with Crippen molar-refractivity contribution in [1.82, 2.24) is 14.9 Å². The topological polar surface area (TPSA) is 71.4 Å². The number of pyridine rings is 1. The summed E-state index contributed by atoms with van der Waals surface area (Å²) in [5.74, 6) is 0.292. The number of nitrogens with zero attached hydrogens (tertiary/aromatic N) is 3. The summed E-state index contributed by atoms with van der Waals surface area (Å²) in [5.41, 5.74) is 3.34. The highest BCUT2D eigenvalue weighted by Gasteiger charge is 2.43. The van der Waals surface area contributed by atoms with E-state index in [1.54, 1.807) is 42.8 Å². The third-order valence-corrected chi connectivity index (χ3v) is 7.71. The molecule has 42 heavy (non-hydrogen) atoms. The lowest BCUT2D eigenvalue weighted by atomic mass is 9.96. The first-order valence-corrected chi connectivity index (χ1v) is 13.8. The summed E-state index contributed by atoms with van der Waals surface area (Å²) in [4.78, 5) is 18.6. The molecule has 2 aromatic carbocycles. The van der Waals surface area contributed by atoms with Crippen LogP contribution in [0.5, 0.6) is 5.75 Å². The fraction of sp³-hybridized carbons (Fsp3) is 0.258. The first-order valence-electron chi connectivity index (χ1n) is 13.4. The average Bonchev–Trinajstić information content (AvgIpc) is 3.47. The maximum Gasteiger partial charge on any atom is 0.418 e. The third kappa shape index (κ3) is 5.32. The summed E-state index contributed by atoms with van der Waals surface area (Å²) in [6.07, 6.45) is -2.52. The van der Waals surface area contributed by atoms with Gasteiger partial charge in [-0.15, -0.1) is 0 Å². The Morgan fingerprint density at radius 1 is 1.10 bits per heavy atom. The molecule has 2 aromatic heterocycles. The van der Waals surface area contributed by atoms with Gasteiger partial charge in [0.05, 0.1) is 41.8 Å². The van der Waals surface area contributed by atoms with Crippen LogP contribution in [0.4, 0.5) is 24.5 Å². The fourth-order valence-corrected chi connectivity index (χ4v) is 5.83. The highest BCUT2D eigenvalue weighted by atomic mass is 32.1. The van der Waals surface area contributed by atoms with Gasteiger partial charge in [0.25, 0.3) is 0 Å². The lowest BCUT2D eigenvalue weighted by Crippen LogP contribution is -2.29. The Morgan fingerprint density at radius 2 is 1.83 bits per heavy atom. The lowest BCUT2D eigenvalue weighted by molar-refractivity contribution is -0.137. The number of anilines is 2. The van der Waals surface area contributed by atoms with Crippen LogP contribution in [0.15, 0.2) is 72.9 Å². The molecule has 1 fully saturated rings. The van der Waals surface area contributed by atoms with Crippen molar-refractivity contribution in [3.05, 3.63) is 101 Å². The van der Waals surface area contributed by atoms with E-state index in [9.17, 15) is 18.0 Å². The molecule has 2 N–H and O–H groups in total. The number of alkyl halides is 3. The number of thiocarbonyl (C=S) groups is 1. The number of hydrogen-bond acceptors (Lipinski definition) is 4. The van der Waals surface area contributed by atoms with Gasteiger partial charge in [-0.1, -0.05) is 25.1 Å². The number of hydrogen-bond donors (Lipinski definition) is 2. The largest absolute Gasteiger partial charge is 0.494 e. The van der Waals surface area contributed by atoms with Crippen LogP contribution in [0, 0.1) is 13.8 Å². The SMILES string of the molecule is CCC(=O)Nc1ccc(N2C(=S)N[C@@H](c3ccccn3)[C@H]2c2cc(C)n(-c3ccccc3C(F)(F)F)c2C)cc1OC. The van der Waals surface area contributed by atoms with Gasteiger partial charge in [-0.3, -0.25) is 9.78 Å². The zero-order valence-electron chi connectivity index (χ0n) is 23.5. The van der Waals surface area contributed by atoms with Gasteiger partial charge >= 0.3 is 6.18 Å². The van der Waals surface area contributed by atoms with Crippen molar-refractivity contribution in [2.24, 2.45) is 0 Å². The Kier molecular flexibility index (Phi) is 7.96. The quantitative estimate of drug-likeness (QED) is 0.224. The van der Waals surface area contributed by atoms with E-state index in [4.69, 9.17) is 17.0 Å². The molecule has 0 unspecified atom stereocenters. The Labute approximate surface area is 247 Å². The van der Waals surface area contributed by atoms with E-state index in [0.717, 1.165) is 17.3 Å². The van der Waals surface area contributed by atoms with Crippen LogP contribution in [0.25, 0.3) is 5.69 Å². The Hall–Kier alpha value is -4.38. The van der Waals surface area contributed by atoms with Gasteiger partial charge in [-0.25, -0.2) is 0 Å². The highest BCUT2D eigenvalue weighted by molar-refractivity contribution is 7.80. The Balaban J connectivity index is 1.68. The van der Waals surface area contributed by atoms with Crippen molar-refractivity contribution < 1.29 is 22.7 Å². The zero-order chi connectivity index (χ0) is 30.2. The molecule has 4 aromatic rings. The van der Waals surface area contributed by atoms with Crippen LogP contribution >= 0.6 is 12.2 Å². The molecule has 0 aliphatic carbocycles. The Bertz CT molecular complexity index is 1640. The summed E-state index contributed by atoms with van der Waals surface area (Å²) < 4.78 is 49.3.